The number of nitrogens with zero attached hydrogens (tertiary/aromatic N) is 1. The third-order valence-corrected chi connectivity index (χ3v) is 1.30. The van der Waals surface area contributed by atoms with Crippen LogP contribution in [0.2, 0.25) is 0 Å². The third kappa shape index (κ3) is 1.14. The van der Waals surface area contributed by atoms with Crippen molar-refractivity contribution in [3.63, 3.8) is 0 Å². The van der Waals surface area contributed by atoms with E-state index in [1.807, 2.05) is 0 Å². The molecule has 1 unspecified atom stereocenters. The molecule has 0 bridgehead atoms. The number of allylic oxidation sites excluding steroid dienone is 2. The van der Waals surface area contributed by atoms with Crippen LogP contribution in [0.3, 0.4) is 0 Å². The van der Waals surface area contributed by atoms with Gasteiger partial charge in [-0.25, -0.2) is 0 Å². The monoisotopic (exact) mass is 137 g/mol. The maximum absolute atomic E-state index is 10.3. The molecule has 0 aromatic heterocycles. The van der Waals surface area contributed by atoms with Crippen LogP contribution in [0.15, 0.2) is 18.4 Å². The number of rotatable bonds is 1. The molecule has 1 atom stereocenters. The first-order chi connectivity index (χ1) is 4.72. The van der Waals surface area contributed by atoms with Gasteiger partial charge < -0.3 is 14.8 Å². The molecular formula is C7H7NO2. The van der Waals surface area contributed by atoms with Crippen molar-refractivity contribution in [2.75, 3.05) is 7.05 Å². The molecular weight excluding hydrogens is 130 g/mol. The van der Waals surface area contributed by atoms with Crippen molar-refractivity contribution in [1.82, 2.24) is 4.90 Å². The van der Waals surface area contributed by atoms with Gasteiger partial charge in [0.05, 0.1) is 24.3 Å². The molecule has 0 aromatic rings. The van der Waals surface area contributed by atoms with Crippen LogP contribution in [0.4, 0.5) is 0 Å². The average Bonchev–Trinajstić information content (AvgIpc) is 1.88. The van der Waals surface area contributed by atoms with E-state index >= 15 is 0 Å². The van der Waals surface area contributed by atoms with Gasteiger partial charge in [0, 0.05) is 7.05 Å². The van der Waals surface area contributed by atoms with Crippen LogP contribution in [0, 0.1) is 6.08 Å². The molecule has 0 saturated carbocycles. The topological polar surface area (TPSA) is 43.4 Å². The first kappa shape index (κ1) is 6.78. The molecule has 0 radical (unpaired) electrons. The Kier molecular flexibility index (Phi) is 1.69. The second-order valence-corrected chi connectivity index (χ2v) is 2.06. The molecule has 1 aliphatic heterocycles. The summed E-state index contributed by atoms with van der Waals surface area (Å²) in [5.41, 5.74) is 0. The number of hydrogen-bond donors (Lipinski definition) is 0. The van der Waals surface area contributed by atoms with Gasteiger partial charge in [0.1, 0.15) is 0 Å². The summed E-state index contributed by atoms with van der Waals surface area (Å²) in [7, 11) is 1.66. The minimum Gasteiger partial charge on any atom is -0.545 e. The van der Waals surface area contributed by atoms with Crippen molar-refractivity contribution in [2.24, 2.45) is 0 Å². The highest BCUT2D eigenvalue weighted by atomic mass is 16.4. The van der Waals surface area contributed by atoms with Crippen molar-refractivity contribution in [2.45, 2.75) is 6.04 Å². The standard InChI is InChI=1S/C7H7NO2/c1-8-5-3-2-4-6(8)7(9)10/h2-3,5-6H,1H3. The summed E-state index contributed by atoms with van der Waals surface area (Å²) in [6.45, 7) is 0. The lowest BCUT2D eigenvalue weighted by Gasteiger charge is -2.19. The highest BCUT2D eigenvalue weighted by Crippen LogP contribution is 2.02. The summed E-state index contributed by atoms with van der Waals surface area (Å²) in [4.78, 5) is 11.8. The van der Waals surface area contributed by atoms with Crippen molar-refractivity contribution >= 4 is 5.97 Å². The first-order valence-corrected chi connectivity index (χ1v) is 2.90. The lowest BCUT2D eigenvalue weighted by Crippen LogP contribution is -2.43. The molecule has 1 rings (SSSR count). The van der Waals surface area contributed by atoms with Gasteiger partial charge in [-0.2, -0.15) is 0 Å². The van der Waals surface area contributed by atoms with Gasteiger partial charge in [0.2, 0.25) is 6.04 Å². The number of carboxylic acid groups (broad SMARTS) is 1. The average molecular weight is 137 g/mol. The summed E-state index contributed by atoms with van der Waals surface area (Å²) in [6.07, 6.45) is 7.58. The lowest BCUT2D eigenvalue weighted by molar-refractivity contribution is -0.309. The van der Waals surface area contributed by atoms with Crippen LogP contribution in [0.25, 0.3) is 0 Å². The second-order valence-electron chi connectivity index (χ2n) is 2.06. The molecule has 0 N–H and O–H groups in total. The Morgan fingerprint density at radius 1 is 1.80 bits per heavy atom. The van der Waals surface area contributed by atoms with Crippen LogP contribution in [0.5, 0.6) is 0 Å². The van der Waals surface area contributed by atoms with E-state index in [0.29, 0.717) is 0 Å². The zero-order valence-corrected chi connectivity index (χ0v) is 5.57. The van der Waals surface area contributed by atoms with E-state index in [9.17, 15) is 9.90 Å². The van der Waals surface area contributed by atoms with Gasteiger partial charge in [0.25, 0.3) is 0 Å². The molecule has 1 heterocycles. The normalized spacial score (nSPS) is 22.5. The van der Waals surface area contributed by atoms with Crippen LogP contribution in [0.1, 0.15) is 0 Å². The molecule has 0 amide bonds. The molecule has 0 aromatic carbocycles. The molecule has 3 heteroatoms. The van der Waals surface area contributed by atoms with Crippen molar-refractivity contribution < 1.29 is 9.90 Å². The largest absolute Gasteiger partial charge is 0.545 e. The molecule has 0 aliphatic carbocycles. The molecule has 0 spiro atoms. The van der Waals surface area contributed by atoms with Gasteiger partial charge in [-0.1, -0.05) is 0 Å². The Morgan fingerprint density at radius 3 is 2.90 bits per heavy atom. The van der Waals surface area contributed by atoms with Crippen molar-refractivity contribution in [1.29, 1.82) is 0 Å². The highest BCUT2D eigenvalue weighted by Gasteiger charge is 2.18. The first-order valence-electron chi connectivity index (χ1n) is 2.90. The molecule has 52 valence electrons. The van der Waals surface area contributed by atoms with Crippen LogP contribution in [-0.4, -0.2) is 24.0 Å². The fourth-order valence-corrected chi connectivity index (χ4v) is 0.763. The highest BCUT2D eigenvalue weighted by molar-refractivity contribution is 5.73. The number of aliphatic carboxylic acids is 1. The van der Waals surface area contributed by atoms with E-state index < -0.39 is 12.0 Å². The van der Waals surface area contributed by atoms with E-state index in [1.54, 1.807) is 25.4 Å². The maximum Gasteiger partial charge on any atom is 0.209 e. The van der Waals surface area contributed by atoms with E-state index in [4.69, 9.17) is 0 Å². The quantitative estimate of drug-likeness (QED) is 0.432. The Morgan fingerprint density at radius 2 is 2.50 bits per heavy atom. The smallest absolute Gasteiger partial charge is 0.209 e. The summed E-state index contributed by atoms with van der Waals surface area (Å²) in [6, 6.07) is -0.731. The lowest BCUT2D eigenvalue weighted by atomic mass is 10.2. The maximum atomic E-state index is 10.3. The number of likely N-dealkylation sites (N-methyl/N-ethyl adjacent to an activating group) is 1. The Balaban J connectivity index is 2.70. The zero-order valence-electron chi connectivity index (χ0n) is 5.57. The van der Waals surface area contributed by atoms with Gasteiger partial charge in [-0.15, -0.1) is 0 Å². The van der Waals surface area contributed by atoms with Crippen molar-refractivity contribution in [3.8, 4) is 0 Å². The molecule has 10 heavy (non-hydrogen) atoms. The predicted molar refractivity (Wildman–Crippen MR) is 33.5 cm³/mol. The zero-order chi connectivity index (χ0) is 7.56. The molecule has 0 fully saturated rings. The summed E-state index contributed by atoms with van der Waals surface area (Å²) in [5.74, 6) is -1.12. The summed E-state index contributed by atoms with van der Waals surface area (Å²) < 4.78 is 0. The van der Waals surface area contributed by atoms with Gasteiger partial charge in [0.15, 0.2) is 6.08 Å². The Hall–Kier alpha value is -1.34. The molecule has 0 saturated heterocycles. The number of carboxylic acids is 1. The van der Waals surface area contributed by atoms with Crippen LogP contribution >= 0.6 is 0 Å². The summed E-state index contributed by atoms with van der Waals surface area (Å²) in [5, 5.41) is 10.3. The molecule has 1 aliphatic rings. The minimum atomic E-state index is -1.12. The van der Waals surface area contributed by atoms with Crippen LogP contribution < -0.4 is 5.11 Å². The number of hydrogen-bond acceptors (Lipinski definition) is 3. The Labute approximate surface area is 59.3 Å². The minimum absolute atomic E-state index is 0.731. The van der Waals surface area contributed by atoms with E-state index in [2.05, 4.69) is 6.08 Å². The van der Waals surface area contributed by atoms with Crippen LogP contribution in [-0.2, 0) is 4.79 Å². The van der Waals surface area contributed by atoms with Gasteiger partial charge >= 0.3 is 0 Å². The SMILES string of the molecule is CN1C=CC=[C+]C1C(=O)[O-]. The number of carbonyl (C=O) groups excluding carboxylic acids is 1. The van der Waals surface area contributed by atoms with E-state index in [-0.39, 0.29) is 0 Å². The second kappa shape index (κ2) is 2.50. The van der Waals surface area contributed by atoms with Gasteiger partial charge in [-0.05, 0) is 0 Å². The van der Waals surface area contributed by atoms with E-state index in [0.717, 1.165) is 0 Å². The summed E-state index contributed by atoms with van der Waals surface area (Å²) >= 11 is 0. The fourth-order valence-electron chi connectivity index (χ4n) is 0.763. The van der Waals surface area contributed by atoms with E-state index in [1.165, 1.54) is 4.90 Å². The number of carbonyl (C=O) groups is 1. The predicted octanol–water partition coefficient (Wildman–Crippen LogP) is -1.08. The molecule has 3 nitrogen and oxygen atoms in total. The van der Waals surface area contributed by atoms with Gasteiger partial charge in [-0.3, -0.25) is 0 Å². The fraction of sp³-hybridized carbons (Fsp3) is 0.286. The third-order valence-electron chi connectivity index (χ3n) is 1.30. The van der Waals surface area contributed by atoms with Crippen molar-refractivity contribution in [3.05, 3.63) is 24.4 Å². The Bertz CT molecular complexity index is 196.